The molecule has 1 atom stereocenters. The van der Waals surface area contributed by atoms with E-state index in [2.05, 4.69) is 22.1 Å². The molecular formula is C16H26N4OS. The predicted octanol–water partition coefficient (Wildman–Crippen LogP) is 2.10. The van der Waals surface area contributed by atoms with Crippen molar-refractivity contribution >= 4 is 22.4 Å². The smallest absolute Gasteiger partial charge is 0.246 e. The number of aromatic nitrogens is 1. The molecule has 5 nitrogen and oxygen atoms in total. The molecule has 22 heavy (non-hydrogen) atoms. The first kappa shape index (κ1) is 15.9. The number of nitrogens with zero attached hydrogens (tertiary/aromatic N) is 3. The first-order chi connectivity index (χ1) is 10.8. The molecule has 1 unspecified atom stereocenters. The van der Waals surface area contributed by atoms with Crippen molar-refractivity contribution in [2.45, 2.75) is 51.1 Å². The van der Waals surface area contributed by atoms with E-state index in [1.807, 2.05) is 10.3 Å². The maximum absolute atomic E-state index is 13.2. The summed E-state index contributed by atoms with van der Waals surface area (Å²) in [5.74, 6) is 0.226. The SMILES string of the molecule is CC(C(=O)N(c1nccs1)C1CCCCC1)N1CCNCC1. The first-order valence-electron chi connectivity index (χ1n) is 8.44. The Hall–Kier alpha value is -0.980. The molecule has 6 heteroatoms. The van der Waals surface area contributed by atoms with E-state index in [4.69, 9.17) is 0 Å². The molecule has 1 aliphatic carbocycles. The minimum absolute atomic E-state index is 0.0621. The van der Waals surface area contributed by atoms with Gasteiger partial charge in [-0.2, -0.15) is 0 Å². The Bertz CT molecular complexity index is 467. The molecule has 1 aromatic rings. The fraction of sp³-hybridized carbons (Fsp3) is 0.750. The largest absolute Gasteiger partial charge is 0.314 e. The van der Waals surface area contributed by atoms with E-state index in [-0.39, 0.29) is 11.9 Å². The summed E-state index contributed by atoms with van der Waals surface area (Å²) in [5.41, 5.74) is 0. The fourth-order valence-electron chi connectivity index (χ4n) is 3.53. The van der Waals surface area contributed by atoms with Crippen LogP contribution in [-0.2, 0) is 4.79 Å². The topological polar surface area (TPSA) is 48.5 Å². The summed E-state index contributed by atoms with van der Waals surface area (Å²) in [7, 11) is 0. The summed E-state index contributed by atoms with van der Waals surface area (Å²) in [6.07, 6.45) is 7.77. The molecule has 0 bridgehead atoms. The van der Waals surface area contributed by atoms with Crippen LogP contribution in [0.2, 0.25) is 0 Å². The average molecular weight is 322 g/mol. The Labute approximate surface area is 136 Å². The zero-order valence-corrected chi connectivity index (χ0v) is 14.1. The Balaban J connectivity index is 1.76. The van der Waals surface area contributed by atoms with Gasteiger partial charge in [0.05, 0.1) is 6.04 Å². The lowest BCUT2D eigenvalue weighted by Crippen LogP contribution is -2.55. The molecule has 2 heterocycles. The summed E-state index contributed by atoms with van der Waals surface area (Å²) < 4.78 is 0. The van der Waals surface area contributed by atoms with Crippen molar-refractivity contribution in [3.8, 4) is 0 Å². The van der Waals surface area contributed by atoms with Gasteiger partial charge in [0.25, 0.3) is 0 Å². The second-order valence-corrected chi connectivity index (χ2v) is 7.15. The van der Waals surface area contributed by atoms with Gasteiger partial charge in [-0.05, 0) is 19.8 Å². The molecule has 122 valence electrons. The Morgan fingerprint density at radius 3 is 2.73 bits per heavy atom. The van der Waals surface area contributed by atoms with Gasteiger partial charge < -0.3 is 5.32 Å². The predicted molar refractivity (Wildman–Crippen MR) is 90.4 cm³/mol. The molecule has 0 aromatic carbocycles. The normalized spacial score (nSPS) is 22.4. The zero-order chi connectivity index (χ0) is 15.4. The summed E-state index contributed by atoms with van der Waals surface area (Å²) in [6, 6.07) is 0.269. The van der Waals surface area contributed by atoms with Gasteiger partial charge in [-0.1, -0.05) is 19.3 Å². The van der Waals surface area contributed by atoms with E-state index < -0.39 is 0 Å². The van der Waals surface area contributed by atoms with Crippen LogP contribution in [0.1, 0.15) is 39.0 Å². The Morgan fingerprint density at radius 1 is 1.36 bits per heavy atom. The van der Waals surface area contributed by atoms with Crippen molar-refractivity contribution in [3.63, 3.8) is 0 Å². The van der Waals surface area contributed by atoms with Crippen LogP contribution in [-0.4, -0.2) is 54.1 Å². The minimum Gasteiger partial charge on any atom is -0.314 e. The molecule has 3 rings (SSSR count). The maximum Gasteiger partial charge on any atom is 0.246 e. The van der Waals surface area contributed by atoms with Crippen LogP contribution in [0.4, 0.5) is 5.13 Å². The lowest BCUT2D eigenvalue weighted by atomic mass is 9.94. The number of carbonyl (C=O) groups excluding carboxylic acids is 1. The molecule has 2 fully saturated rings. The molecule has 1 amide bonds. The third-order valence-electron chi connectivity index (χ3n) is 4.86. The average Bonchev–Trinajstić information content (AvgIpc) is 3.10. The molecule has 1 aromatic heterocycles. The van der Waals surface area contributed by atoms with Gasteiger partial charge in [-0.25, -0.2) is 4.98 Å². The monoisotopic (exact) mass is 322 g/mol. The van der Waals surface area contributed by atoms with Gasteiger partial charge >= 0.3 is 0 Å². The lowest BCUT2D eigenvalue weighted by molar-refractivity contribution is -0.124. The van der Waals surface area contributed by atoms with Crippen molar-refractivity contribution in [1.82, 2.24) is 15.2 Å². The highest BCUT2D eigenvalue weighted by molar-refractivity contribution is 7.13. The maximum atomic E-state index is 13.2. The third-order valence-corrected chi connectivity index (χ3v) is 5.63. The van der Waals surface area contributed by atoms with Crippen molar-refractivity contribution in [2.24, 2.45) is 0 Å². The van der Waals surface area contributed by atoms with E-state index in [1.165, 1.54) is 19.3 Å². The van der Waals surface area contributed by atoms with E-state index in [0.717, 1.165) is 44.2 Å². The zero-order valence-electron chi connectivity index (χ0n) is 13.3. The van der Waals surface area contributed by atoms with Crippen LogP contribution in [0.15, 0.2) is 11.6 Å². The van der Waals surface area contributed by atoms with Gasteiger partial charge in [0.2, 0.25) is 5.91 Å². The third kappa shape index (κ3) is 3.50. The van der Waals surface area contributed by atoms with Crippen molar-refractivity contribution in [2.75, 3.05) is 31.1 Å². The molecule has 1 saturated heterocycles. The number of rotatable bonds is 4. The summed E-state index contributed by atoms with van der Waals surface area (Å²) in [4.78, 5) is 21.9. The summed E-state index contributed by atoms with van der Waals surface area (Å²) in [5, 5.41) is 6.19. The van der Waals surface area contributed by atoms with Crippen LogP contribution in [0, 0.1) is 0 Å². The fourth-order valence-corrected chi connectivity index (χ4v) is 4.25. The van der Waals surface area contributed by atoms with Crippen molar-refractivity contribution in [3.05, 3.63) is 11.6 Å². The van der Waals surface area contributed by atoms with Crippen LogP contribution in [0.3, 0.4) is 0 Å². The first-order valence-corrected chi connectivity index (χ1v) is 9.32. The van der Waals surface area contributed by atoms with Gasteiger partial charge in [0, 0.05) is 43.8 Å². The number of anilines is 1. The standard InChI is InChI=1S/C16H26N4OS/c1-13(19-10-7-17-8-11-19)15(21)20(16-18-9-12-22-16)14-5-3-2-4-6-14/h9,12-14,17H,2-8,10-11H2,1H3. The van der Waals surface area contributed by atoms with Gasteiger partial charge in [0.15, 0.2) is 5.13 Å². The van der Waals surface area contributed by atoms with E-state index in [1.54, 1.807) is 17.5 Å². The highest BCUT2D eigenvalue weighted by atomic mass is 32.1. The van der Waals surface area contributed by atoms with Crippen LogP contribution in [0.25, 0.3) is 0 Å². The van der Waals surface area contributed by atoms with Gasteiger partial charge in [-0.15, -0.1) is 11.3 Å². The minimum atomic E-state index is -0.0621. The van der Waals surface area contributed by atoms with Crippen LogP contribution < -0.4 is 10.2 Å². The van der Waals surface area contributed by atoms with E-state index >= 15 is 0 Å². The molecule has 2 aliphatic rings. The van der Waals surface area contributed by atoms with E-state index in [9.17, 15) is 4.79 Å². The van der Waals surface area contributed by atoms with Crippen LogP contribution >= 0.6 is 11.3 Å². The molecular weight excluding hydrogens is 296 g/mol. The van der Waals surface area contributed by atoms with E-state index in [0.29, 0.717) is 6.04 Å². The Kier molecular flexibility index (Phi) is 5.44. The van der Waals surface area contributed by atoms with Gasteiger partial charge in [0.1, 0.15) is 0 Å². The molecule has 1 saturated carbocycles. The van der Waals surface area contributed by atoms with Gasteiger partial charge in [-0.3, -0.25) is 14.6 Å². The highest BCUT2D eigenvalue weighted by Crippen LogP contribution is 2.29. The highest BCUT2D eigenvalue weighted by Gasteiger charge is 2.33. The molecule has 0 radical (unpaired) electrons. The summed E-state index contributed by atoms with van der Waals surface area (Å²) in [6.45, 7) is 5.89. The summed E-state index contributed by atoms with van der Waals surface area (Å²) >= 11 is 1.58. The van der Waals surface area contributed by atoms with Crippen molar-refractivity contribution < 1.29 is 4.79 Å². The number of nitrogens with one attached hydrogen (secondary N) is 1. The number of piperazine rings is 1. The van der Waals surface area contributed by atoms with Crippen molar-refractivity contribution in [1.29, 1.82) is 0 Å². The molecule has 1 aliphatic heterocycles. The number of carbonyl (C=O) groups is 1. The van der Waals surface area contributed by atoms with Crippen LogP contribution in [0.5, 0.6) is 0 Å². The quantitative estimate of drug-likeness (QED) is 0.922. The second kappa shape index (κ2) is 7.53. The number of amides is 1. The lowest BCUT2D eigenvalue weighted by Gasteiger charge is -2.38. The second-order valence-electron chi connectivity index (χ2n) is 6.28. The number of thiazole rings is 1. The molecule has 1 N–H and O–H groups in total. The number of hydrogen-bond donors (Lipinski definition) is 1. The number of hydrogen-bond acceptors (Lipinski definition) is 5. The molecule has 0 spiro atoms. The Morgan fingerprint density at radius 2 is 2.09 bits per heavy atom.